The molecule has 0 spiro atoms. The fraction of sp³-hybridized carbons (Fsp3) is 0.500. The minimum absolute atomic E-state index is 0. The van der Waals surface area contributed by atoms with Crippen LogP contribution >= 0.6 is 11.6 Å². The summed E-state index contributed by atoms with van der Waals surface area (Å²) in [5.41, 5.74) is 1.16. The first-order valence-electron chi connectivity index (χ1n) is 7.24. The second kappa shape index (κ2) is 7.71. The topological polar surface area (TPSA) is 45.0 Å². The smallest absolute Gasteiger partial charge is 0.219 e. The molecule has 1 aliphatic heterocycles. The number of quaternary nitrogens is 1. The molecular weight excluding hydrogens is 349 g/mol. The number of aliphatic hydroxyl groups is 1. The van der Waals surface area contributed by atoms with E-state index in [1.807, 2.05) is 30.6 Å². The van der Waals surface area contributed by atoms with Crippen molar-refractivity contribution in [2.45, 2.75) is 39.2 Å². The van der Waals surface area contributed by atoms with Crippen molar-refractivity contribution in [2.75, 3.05) is 13.2 Å². The molecule has 0 fully saturated rings. The zero-order valence-corrected chi connectivity index (χ0v) is 14.9. The molecule has 1 unspecified atom stereocenters. The average Bonchev–Trinajstić information content (AvgIpc) is 2.83. The van der Waals surface area contributed by atoms with E-state index in [1.54, 1.807) is 0 Å². The normalized spacial score (nSPS) is 20.7. The van der Waals surface area contributed by atoms with Crippen LogP contribution in [-0.2, 0) is 23.5 Å². The van der Waals surface area contributed by atoms with Crippen LogP contribution in [0.4, 0.5) is 0 Å². The van der Waals surface area contributed by atoms with Crippen LogP contribution in [-0.4, -0.2) is 40.6 Å². The minimum Gasteiger partial charge on any atom is -0.396 e. The molecule has 0 aromatic heterocycles. The first-order chi connectivity index (χ1) is 9.86. The summed E-state index contributed by atoms with van der Waals surface area (Å²) in [5, 5.41) is 14.6. The van der Waals surface area contributed by atoms with E-state index < -0.39 is 0 Å². The number of hydrogen-bond acceptors (Lipinski definition) is 3. The summed E-state index contributed by atoms with van der Waals surface area (Å²) in [6.07, 6.45) is 3.31. The molecule has 1 aliphatic rings. The number of aliphatic imine (C=N–C) groups is 1. The first-order valence-corrected chi connectivity index (χ1v) is 7.62. The largest absolute Gasteiger partial charge is 0.396 e. The third-order valence-corrected chi connectivity index (χ3v) is 4.10. The van der Waals surface area contributed by atoms with Gasteiger partial charge in [-0.2, -0.15) is 4.99 Å². The summed E-state index contributed by atoms with van der Waals surface area (Å²) in [6.45, 7) is 7.39. The number of nitrogens with zero attached hydrogens (tertiary/aromatic N) is 3. The van der Waals surface area contributed by atoms with Gasteiger partial charge in [-0.3, -0.25) is 0 Å². The van der Waals surface area contributed by atoms with Gasteiger partial charge < -0.3 is 5.11 Å². The van der Waals surface area contributed by atoms with Gasteiger partial charge in [-0.1, -0.05) is 28.8 Å². The van der Waals surface area contributed by atoms with Crippen molar-refractivity contribution in [3.8, 4) is 0 Å². The first kappa shape index (κ1) is 19.3. The van der Waals surface area contributed by atoms with Crippen LogP contribution in [0.15, 0.2) is 34.4 Å². The van der Waals surface area contributed by atoms with Crippen molar-refractivity contribution in [1.82, 2.24) is 0 Å². The monoisotopic (exact) mass is 371 g/mol. The average molecular weight is 372 g/mol. The van der Waals surface area contributed by atoms with Crippen molar-refractivity contribution < 1.29 is 26.8 Å². The van der Waals surface area contributed by atoms with E-state index in [4.69, 9.17) is 21.8 Å². The Labute approximate surface area is 147 Å². The van der Waals surface area contributed by atoms with Crippen LogP contribution in [0.5, 0.6) is 0 Å². The summed E-state index contributed by atoms with van der Waals surface area (Å²) in [7, 11) is 0. The fourth-order valence-corrected chi connectivity index (χ4v) is 2.48. The van der Waals surface area contributed by atoms with Crippen molar-refractivity contribution >= 4 is 23.8 Å². The maximum absolute atomic E-state index is 9.06. The zero-order valence-electron chi connectivity index (χ0n) is 13.2. The molecule has 4 nitrogen and oxygen atoms in total. The van der Waals surface area contributed by atoms with Crippen LogP contribution in [0.25, 0.3) is 0 Å². The predicted molar refractivity (Wildman–Crippen MR) is 87.7 cm³/mol. The van der Waals surface area contributed by atoms with Gasteiger partial charge in [-0.25, -0.2) is 0 Å². The van der Waals surface area contributed by atoms with Gasteiger partial charge in [0.05, 0.1) is 6.61 Å². The zero-order chi connectivity index (χ0) is 15.5. The maximum atomic E-state index is 9.06. The molecule has 1 N–H and O–H groups in total. The van der Waals surface area contributed by atoms with E-state index in [2.05, 4.69) is 25.8 Å². The van der Waals surface area contributed by atoms with E-state index in [-0.39, 0.29) is 29.2 Å². The number of benzene rings is 1. The van der Waals surface area contributed by atoms with E-state index >= 15 is 0 Å². The van der Waals surface area contributed by atoms with Crippen LogP contribution in [0.3, 0.4) is 0 Å². The fourth-order valence-electron chi connectivity index (χ4n) is 2.35. The van der Waals surface area contributed by atoms with Gasteiger partial charge in [0.25, 0.3) is 0 Å². The maximum Gasteiger partial charge on any atom is 0.219 e. The summed E-state index contributed by atoms with van der Waals surface area (Å²) in [6, 6.07) is 7.92. The summed E-state index contributed by atoms with van der Waals surface area (Å²) in [5.74, 6) is 0.725. The molecule has 22 heavy (non-hydrogen) atoms. The Morgan fingerprint density at radius 2 is 1.77 bits per heavy atom. The van der Waals surface area contributed by atoms with E-state index in [1.165, 1.54) is 5.56 Å². The van der Waals surface area contributed by atoms with Crippen LogP contribution in [0.2, 0.25) is 5.02 Å². The van der Waals surface area contributed by atoms with Gasteiger partial charge in [0.1, 0.15) is 12.1 Å². The number of hydrogen-bond donors (Lipinski definition) is 1. The molecule has 6 heteroatoms. The molecule has 0 amide bonds. The third-order valence-electron chi connectivity index (χ3n) is 3.84. The van der Waals surface area contributed by atoms with E-state index in [0.29, 0.717) is 11.0 Å². The van der Waals surface area contributed by atoms with Crippen LogP contribution in [0, 0.1) is 0 Å². The summed E-state index contributed by atoms with van der Waals surface area (Å²) in [4.78, 5) is 4.39. The van der Waals surface area contributed by atoms with Gasteiger partial charge in [0.2, 0.25) is 6.34 Å². The number of rotatable bonds is 5. The van der Waals surface area contributed by atoms with Crippen molar-refractivity contribution in [1.29, 1.82) is 0 Å². The quantitative estimate of drug-likeness (QED) is 0.626. The van der Waals surface area contributed by atoms with Crippen molar-refractivity contribution in [2.24, 2.45) is 10.1 Å². The standard InChI is InChI=1S/C16H23ClN3O.Cu/c1-16(2,3)20(12-18-15(19-20)9-11-21)10-8-13-4-6-14(17)7-5-13;/h4-7,12,21H,8-11H2,1-3H3;/q+1;. The van der Waals surface area contributed by atoms with Crippen molar-refractivity contribution in [3.05, 3.63) is 34.9 Å². The van der Waals surface area contributed by atoms with Gasteiger partial charge in [-0.05, 0) is 38.5 Å². The molecule has 0 aliphatic carbocycles. The molecule has 1 aromatic rings. The Morgan fingerprint density at radius 1 is 1.14 bits per heavy atom. The van der Waals surface area contributed by atoms with Crippen LogP contribution in [0.1, 0.15) is 32.8 Å². The van der Waals surface area contributed by atoms with E-state index in [9.17, 15) is 0 Å². The summed E-state index contributed by atoms with van der Waals surface area (Å²) < 4.78 is 0.463. The molecule has 1 heterocycles. The Bertz CT molecular complexity index is 552. The van der Waals surface area contributed by atoms with Gasteiger partial charge >= 0.3 is 0 Å². The predicted octanol–water partition coefficient (Wildman–Crippen LogP) is 3.23. The molecule has 2 rings (SSSR count). The molecule has 0 saturated heterocycles. The number of aliphatic hydroxyl groups excluding tert-OH is 1. The van der Waals surface area contributed by atoms with E-state index in [0.717, 1.165) is 23.8 Å². The minimum atomic E-state index is -0.0763. The number of amidine groups is 1. The Hall–Kier alpha value is -0.711. The second-order valence-electron chi connectivity index (χ2n) is 6.33. The summed E-state index contributed by atoms with van der Waals surface area (Å²) >= 11 is 5.92. The van der Waals surface area contributed by atoms with Gasteiger partial charge in [0, 0.05) is 34.9 Å². The molecule has 0 bridgehead atoms. The Balaban J connectivity index is 0.00000242. The van der Waals surface area contributed by atoms with Crippen LogP contribution < -0.4 is 0 Å². The molecule has 0 saturated carbocycles. The Morgan fingerprint density at radius 3 is 2.32 bits per heavy atom. The van der Waals surface area contributed by atoms with Crippen molar-refractivity contribution in [3.63, 3.8) is 0 Å². The second-order valence-corrected chi connectivity index (χ2v) is 6.77. The Kier molecular flexibility index (Phi) is 6.78. The molecular formula is C16H23ClCuN3O+. The van der Waals surface area contributed by atoms with Gasteiger partial charge in [0.15, 0.2) is 5.84 Å². The van der Waals surface area contributed by atoms with Gasteiger partial charge in [-0.15, -0.1) is 4.59 Å². The molecule has 1 atom stereocenters. The SMILES string of the molecule is CC(C)(C)[N+]1(CCc2ccc(Cl)cc2)C=NC(CCO)=N1.[Cu]. The molecule has 1 aromatic carbocycles. The number of halogens is 1. The molecule has 1 radical (unpaired) electrons. The molecule has 125 valence electrons. The third kappa shape index (κ3) is 4.40.